The van der Waals surface area contributed by atoms with Gasteiger partial charge in [0.25, 0.3) is 0 Å². The molecule has 1 heterocycles. The largest absolute Gasteiger partial charge is 0.306 e. The van der Waals surface area contributed by atoms with E-state index in [9.17, 15) is 4.79 Å². The first-order valence-electron chi connectivity index (χ1n) is 6.16. The lowest BCUT2D eigenvalue weighted by atomic mass is 10.1. The molecule has 7 heteroatoms. The zero-order valence-corrected chi connectivity index (χ0v) is 12.8. The molecule has 0 amide bonds. The van der Waals surface area contributed by atoms with E-state index in [1.54, 1.807) is 24.5 Å². The Morgan fingerprint density at radius 2 is 2.20 bits per heavy atom. The van der Waals surface area contributed by atoms with Crippen molar-refractivity contribution in [2.75, 3.05) is 5.75 Å². The Hall–Kier alpha value is -1.04. The molecule has 1 fully saturated rings. The van der Waals surface area contributed by atoms with Crippen LogP contribution in [-0.2, 0) is 0 Å². The normalized spacial score (nSPS) is 14.5. The number of Topliss-reactive ketones (excluding diaryl/α,β-unsaturated/α-hetero) is 1. The van der Waals surface area contributed by atoms with Crippen LogP contribution in [0.4, 0.5) is 0 Å². The average Bonchev–Trinajstić information content (AvgIpc) is 3.18. The van der Waals surface area contributed by atoms with Gasteiger partial charge in [0, 0.05) is 11.6 Å². The predicted molar refractivity (Wildman–Crippen MR) is 79.8 cm³/mol. The van der Waals surface area contributed by atoms with Crippen LogP contribution in [0.3, 0.4) is 0 Å². The van der Waals surface area contributed by atoms with Gasteiger partial charge in [-0.05, 0) is 25.0 Å². The van der Waals surface area contributed by atoms with E-state index < -0.39 is 0 Å². The average molecular weight is 328 g/mol. The third kappa shape index (κ3) is 2.85. The number of carbonyl (C=O) groups excluding carboxylic acids is 1. The molecule has 0 saturated heterocycles. The fraction of sp³-hybridized carbons (Fsp3) is 0.308. The molecule has 1 aromatic heterocycles. The molecule has 1 aliphatic carbocycles. The second kappa shape index (κ2) is 5.76. The van der Waals surface area contributed by atoms with E-state index in [0.717, 1.165) is 18.0 Å². The van der Waals surface area contributed by atoms with Crippen LogP contribution in [0.2, 0.25) is 10.0 Å². The van der Waals surface area contributed by atoms with Crippen molar-refractivity contribution < 1.29 is 4.79 Å². The van der Waals surface area contributed by atoms with Crippen LogP contribution in [0, 0.1) is 0 Å². The molecule has 20 heavy (non-hydrogen) atoms. The number of hydrogen-bond acceptors (Lipinski definition) is 4. The maximum absolute atomic E-state index is 12.2. The van der Waals surface area contributed by atoms with Gasteiger partial charge in [0.2, 0.25) is 0 Å². The minimum absolute atomic E-state index is 0.0622. The highest BCUT2D eigenvalue weighted by Gasteiger charge is 2.26. The maximum Gasteiger partial charge on any atom is 0.191 e. The SMILES string of the molecule is O=C(CSc1nncn1C1CC1)c1cccc(Cl)c1Cl. The van der Waals surface area contributed by atoms with E-state index in [1.807, 2.05) is 4.57 Å². The summed E-state index contributed by atoms with van der Waals surface area (Å²) in [6.45, 7) is 0. The van der Waals surface area contributed by atoms with E-state index in [-0.39, 0.29) is 11.5 Å². The van der Waals surface area contributed by atoms with Crippen LogP contribution < -0.4 is 0 Å². The van der Waals surface area contributed by atoms with Crippen LogP contribution in [0.15, 0.2) is 29.7 Å². The van der Waals surface area contributed by atoms with Crippen LogP contribution in [-0.4, -0.2) is 26.3 Å². The third-order valence-corrected chi connectivity index (χ3v) is 4.84. The standard InChI is InChI=1S/C13H11Cl2N3OS/c14-10-3-1-2-9(12(10)15)11(19)6-20-13-17-16-7-18(13)8-4-5-8/h1-3,7-8H,4-6H2. The minimum Gasteiger partial charge on any atom is -0.306 e. The van der Waals surface area contributed by atoms with Gasteiger partial charge in [-0.25, -0.2) is 0 Å². The van der Waals surface area contributed by atoms with E-state index in [2.05, 4.69) is 10.2 Å². The molecule has 0 atom stereocenters. The Balaban J connectivity index is 1.70. The summed E-state index contributed by atoms with van der Waals surface area (Å²) in [4.78, 5) is 12.2. The molecular formula is C13H11Cl2N3OS. The summed E-state index contributed by atoms with van der Waals surface area (Å²) in [5.74, 6) is 0.207. The molecule has 0 aliphatic heterocycles. The smallest absolute Gasteiger partial charge is 0.191 e. The highest BCUT2D eigenvalue weighted by atomic mass is 35.5. The predicted octanol–water partition coefficient (Wildman–Crippen LogP) is 3.89. The molecule has 4 nitrogen and oxygen atoms in total. The van der Waals surface area contributed by atoms with Crippen molar-refractivity contribution in [3.63, 3.8) is 0 Å². The summed E-state index contributed by atoms with van der Waals surface area (Å²) < 4.78 is 2.03. The summed E-state index contributed by atoms with van der Waals surface area (Å²) in [5, 5.41) is 9.42. The zero-order chi connectivity index (χ0) is 14.1. The third-order valence-electron chi connectivity index (χ3n) is 3.06. The molecule has 104 valence electrons. The molecule has 0 unspecified atom stereocenters. The Morgan fingerprint density at radius 1 is 1.40 bits per heavy atom. The zero-order valence-electron chi connectivity index (χ0n) is 10.4. The van der Waals surface area contributed by atoms with Gasteiger partial charge in [0.15, 0.2) is 10.9 Å². The monoisotopic (exact) mass is 327 g/mol. The lowest BCUT2D eigenvalue weighted by Gasteiger charge is -2.05. The lowest BCUT2D eigenvalue weighted by molar-refractivity contribution is 0.102. The highest BCUT2D eigenvalue weighted by Crippen LogP contribution is 2.37. The number of benzene rings is 1. The molecule has 2 aromatic rings. The topological polar surface area (TPSA) is 47.8 Å². The van der Waals surface area contributed by atoms with Crippen molar-refractivity contribution in [2.24, 2.45) is 0 Å². The number of aromatic nitrogens is 3. The van der Waals surface area contributed by atoms with Crippen LogP contribution in [0.25, 0.3) is 0 Å². The molecular weight excluding hydrogens is 317 g/mol. The second-order valence-electron chi connectivity index (χ2n) is 4.57. The van der Waals surface area contributed by atoms with E-state index in [0.29, 0.717) is 21.7 Å². The van der Waals surface area contributed by atoms with Crippen molar-refractivity contribution in [2.45, 2.75) is 24.0 Å². The maximum atomic E-state index is 12.2. The van der Waals surface area contributed by atoms with Gasteiger partial charge in [-0.1, -0.05) is 41.0 Å². The molecule has 0 radical (unpaired) electrons. The molecule has 0 bridgehead atoms. The molecule has 1 saturated carbocycles. The lowest BCUT2D eigenvalue weighted by Crippen LogP contribution is -2.05. The number of hydrogen-bond donors (Lipinski definition) is 0. The quantitative estimate of drug-likeness (QED) is 0.617. The molecule has 1 aromatic carbocycles. The van der Waals surface area contributed by atoms with Crippen molar-refractivity contribution in [1.29, 1.82) is 0 Å². The van der Waals surface area contributed by atoms with Gasteiger partial charge >= 0.3 is 0 Å². The summed E-state index contributed by atoms with van der Waals surface area (Å²) >= 11 is 13.3. The number of ketones is 1. The molecule has 1 aliphatic rings. The first-order chi connectivity index (χ1) is 9.66. The Labute approximate surface area is 130 Å². The number of nitrogens with zero attached hydrogens (tertiary/aromatic N) is 3. The van der Waals surface area contributed by atoms with Crippen molar-refractivity contribution >= 4 is 40.7 Å². The van der Waals surface area contributed by atoms with Gasteiger partial charge in [0.1, 0.15) is 6.33 Å². The summed E-state index contributed by atoms with van der Waals surface area (Å²) in [7, 11) is 0. The molecule has 0 N–H and O–H groups in total. The van der Waals surface area contributed by atoms with Crippen LogP contribution in [0.1, 0.15) is 29.2 Å². The molecule has 3 rings (SSSR count). The van der Waals surface area contributed by atoms with Gasteiger partial charge in [-0.2, -0.15) is 0 Å². The summed E-state index contributed by atoms with van der Waals surface area (Å²) in [6.07, 6.45) is 4.02. The summed E-state index contributed by atoms with van der Waals surface area (Å²) in [5.41, 5.74) is 0.448. The van der Waals surface area contributed by atoms with Crippen LogP contribution in [0.5, 0.6) is 0 Å². The van der Waals surface area contributed by atoms with E-state index in [1.165, 1.54) is 11.8 Å². The highest BCUT2D eigenvalue weighted by molar-refractivity contribution is 7.99. The van der Waals surface area contributed by atoms with Gasteiger partial charge < -0.3 is 4.57 Å². The first-order valence-corrected chi connectivity index (χ1v) is 7.90. The Bertz CT molecular complexity index is 655. The second-order valence-corrected chi connectivity index (χ2v) is 6.29. The fourth-order valence-corrected chi connectivity index (χ4v) is 3.14. The number of rotatable bonds is 5. The summed E-state index contributed by atoms with van der Waals surface area (Å²) in [6, 6.07) is 5.57. The minimum atomic E-state index is -0.0622. The van der Waals surface area contributed by atoms with Crippen molar-refractivity contribution in [3.05, 3.63) is 40.1 Å². The molecule has 0 spiro atoms. The van der Waals surface area contributed by atoms with E-state index in [4.69, 9.17) is 23.2 Å². The van der Waals surface area contributed by atoms with Gasteiger partial charge in [-0.15, -0.1) is 10.2 Å². The van der Waals surface area contributed by atoms with Crippen molar-refractivity contribution in [3.8, 4) is 0 Å². The number of halogens is 2. The Morgan fingerprint density at radius 3 is 2.95 bits per heavy atom. The van der Waals surface area contributed by atoms with Gasteiger partial charge in [-0.3, -0.25) is 4.79 Å². The fourth-order valence-electron chi connectivity index (χ4n) is 1.87. The van der Waals surface area contributed by atoms with Gasteiger partial charge in [0.05, 0.1) is 15.8 Å². The first kappa shape index (κ1) is 13.9. The number of carbonyl (C=O) groups is 1. The van der Waals surface area contributed by atoms with E-state index >= 15 is 0 Å². The van der Waals surface area contributed by atoms with Crippen LogP contribution >= 0.6 is 35.0 Å². The number of thioether (sulfide) groups is 1. The van der Waals surface area contributed by atoms with Crippen molar-refractivity contribution in [1.82, 2.24) is 14.8 Å². The Kier molecular flexibility index (Phi) is 4.01.